The first-order valence-corrected chi connectivity index (χ1v) is 7.11. The summed E-state index contributed by atoms with van der Waals surface area (Å²) in [7, 11) is 5.52. The molecule has 2 aromatic carbocycles. The van der Waals surface area contributed by atoms with Crippen molar-refractivity contribution in [3.63, 3.8) is 0 Å². The summed E-state index contributed by atoms with van der Waals surface area (Å²) in [5.74, 6) is 1.80. The van der Waals surface area contributed by atoms with Crippen LogP contribution in [0.25, 0.3) is 0 Å². The van der Waals surface area contributed by atoms with Crippen LogP contribution in [0.2, 0.25) is 0 Å². The van der Waals surface area contributed by atoms with Crippen LogP contribution in [0.1, 0.15) is 24.1 Å². The number of benzene rings is 2. The number of rotatable bonds is 6. The molecule has 0 spiro atoms. The van der Waals surface area contributed by atoms with Crippen molar-refractivity contribution in [2.24, 2.45) is 0 Å². The monoisotopic (exact) mass is 285 g/mol. The van der Waals surface area contributed by atoms with Gasteiger partial charge in [-0.05, 0) is 49.4 Å². The van der Waals surface area contributed by atoms with E-state index >= 15 is 0 Å². The van der Waals surface area contributed by atoms with Gasteiger partial charge in [0.05, 0.1) is 14.2 Å². The summed E-state index contributed by atoms with van der Waals surface area (Å²) in [5.41, 5.74) is 2.49. The lowest BCUT2D eigenvalue weighted by Gasteiger charge is -2.25. The van der Waals surface area contributed by atoms with Crippen molar-refractivity contribution in [1.29, 1.82) is 0 Å². The van der Waals surface area contributed by atoms with Crippen LogP contribution in [0.4, 0.5) is 0 Å². The Labute approximate surface area is 127 Å². The van der Waals surface area contributed by atoms with E-state index in [1.165, 1.54) is 11.1 Å². The van der Waals surface area contributed by atoms with E-state index in [0.717, 1.165) is 18.0 Å². The molecule has 2 aromatic rings. The Bertz CT molecular complexity index is 583. The Hall–Kier alpha value is -2.00. The minimum Gasteiger partial charge on any atom is -0.497 e. The molecule has 0 fully saturated rings. The predicted molar refractivity (Wildman–Crippen MR) is 85.9 cm³/mol. The van der Waals surface area contributed by atoms with E-state index in [1.807, 2.05) is 24.3 Å². The van der Waals surface area contributed by atoms with Crippen molar-refractivity contribution < 1.29 is 9.47 Å². The molecule has 3 heteroatoms. The van der Waals surface area contributed by atoms with Crippen LogP contribution in [0, 0.1) is 0 Å². The number of methoxy groups -OCH3 is 2. The number of ether oxygens (including phenoxy) is 2. The fourth-order valence-corrected chi connectivity index (χ4v) is 2.35. The first-order valence-electron chi connectivity index (χ1n) is 7.11. The van der Waals surface area contributed by atoms with Crippen LogP contribution in [-0.4, -0.2) is 26.2 Å². The van der Waals surface area contributed by atoms with E-state index < -0.39 is 0 Å². The van der Waals surface area contributed by atoms with Crippen LogP contribution < -0.4 is 9.47 Å². The van der Waals surface area contributed by atoms with Crippen LogP contribution in [0.5, 0.6) is 11.5 Å². The third kappa shape index (κ3) is 3.99. The van der Waals surface area contributed by atoms with Gasteiger partial charge in [-0.2, -0.15) is 0 Å². The van der Waals surface area contributed by atoms with Crippen LogP contribution in [-0.2, 0) is 6.54 Å². The molecule has 2 rings (SSSR count). The summed E-state index contributed by atoms with van der Waals surface area (Å²) in [6.45, 7) is 3.07. The van der Waals surface area contributed by atoms with Gasteiger partial charge in [-0.1, -0.05) is 24.3 Å². The van der Waals surface area contributed by atoms with E-state index in [-0.39, 0.29) is 0 Å². The second-order valence-electron chi connectivity index (χ2n) is 5.22. The Balaban J connectivity index is 2.09. The molecule has 0 aromatic heterocycles. The topological polar surface area (TPSA) is 21.7 Å². The summed E-state index contributed by atoms with van der Waals surface area (Å²) in [4.78, 5) is 2.31. The van der Waals surface area contributed by atoms with Gasteiger partial charge in [-0.15, -0.1) is 0 Å². The van der Waals surface area contributed by atoms with Crippen molar-refractivity contribution in [1.82, 2.24) is 4.90 Å². The molecule has 0 amide bonds. The predicted octanol–water partition coefficient (Wildman–Crippen LogP) is 3.90. The first-order chi connectivity index (χ1) is 10.1. The van der Waals surface area contributed by atoms with E-state index in [0.29, 0.717) is 6.04 Å². The molecule has 0 aliphatic rings. The third-order valence-electron chi connectivity index (χ3n) is 3.80. The summed E-state index contributed by atoms with van der Waals surface area (Å²) in [5, 5.41) is 0. The van der Waals surface area contributed by atoms with Gasteiger partial charge in [0.25, 0.3) is 0 Å². The standard InChI is InChI=1S/C18H23NO2/c1-14(16-8-6-10-18(12-16)21-4)19(2)13-15-7-5-9-17(11-15)20-3/h5-12,14H,13H2,1-4H3. The molecular formula is C18H23NO2. The summed E-state index contributed by atoms with van der Waals surface area (Å²) in [6.07, 6.45) is 0. The van der Waals surface area contributed by atoms with E-state index in [1.54, 1.807) is 14.2 Å². The van der Waals surface area contributed by atoms with Crippen LogP contribution in [0.3, 0.4) is 0 Å². The molecule has 0 heterocycles. The summed E-state index contributed by atoms with van der Waals surface area (Å²) in [6, 6.07) is 16.7. The molecule has 0 saturated heterocycles. The maximum Gasteiger partial charge on any atom is 0.119 e. The van der Waals surface area contributed by atoms with Gasteiger partial charge in [-0.3, -0.25) is 4.90 Å². The smallest absolute Gasteiger partial charge is 0.119 e. The normalized spacial score (nSPS) is 12.2. The molecule has 112 valence electrons. The van der Waals surface area contributed by atoms with Gasteiger partial charge in [0.2, 0.25) is 0 Å². The highest BCUT2D eigenvalue weighted by Crippen LogP contribution is 2.24. The lowest BCUT2D eigenvalue weighted by Crippen LogP contribution is -2.21. The fraction of sp³-hybridized carbons (Fsp3) is 0.333. The minimum atomic E-state index is 0.311. The molecule has 1 atom stereocenters. The quantitative estimate of drug-likeness (QED) is 0.803. The first kappa shape index (κ1) is 15.4. The average Bonchev–Trinajstić information content (AvgIpc) is 2.54. The largest absolute Gasteiger partial charge is 0.497 e. The Morgan fingerprint density at radius 2 is 1.57 bits per heavy atom. The molecule has 21 heavy (non-hydrogen) atoms. The maximum absolute atomic E-state index is 5.30. The fourth-order valence-electron chi connectivity index (χ4n) is 2.35. The summed E-state index contributed by atoms with van der Waals surface area (Å²) >= 11 is 0. The second-order valence-corrected chi connectivity index (χ2v) is 5.22. The molecular weight excluding hydrogens is 262 g/mol. The summed E-state index contributed by atoms with van der Waals surface area (Å²) < 4.78 is 10.6. The highest BCUT2D eigenvalue weighted by Gasteiger charge is 2.13. The van der Waals surface area contributed by atoms with E-state index in [9.17, 15) is 0 Å². The zero-order chi connectivity index (χ0) is 15.2. The Morgan fingerprint density at radius 3 is 2.24 bits per heavy atom. The molecule has 1 unspecified atom stereocenters. The number of hydrogen-bond acceptors (Lipinski definition) is 3. The molecule has 0 aliphatic heterocycles. The lowest BCUT2D eigenvalue weighted by molar-refractivity contribution is 0.252. The van der Waals surface area contributed by atoms with Gasteiger partial charge >= 0.3 is 0 Å². The minimum absolute atomic E-state index is 0.311. The van der Waals surface area contributed by atoms with E-state index in [4.69, 9.17) is 9.47 Å². The van der Waals surface area contributed by atoms with Gasteiger partial charge in [0, 0.05) is 12.6 Å². The van der Waals surface area contributed by atoms with Crippen molar-refractivity contribution in [3.05, 3.63) is 59.7 Å². The van der Waals surface area contributed by atoms with Crippen molar-refractivity contribution in [2.45, 2.75) is 19.5 Å². The molecule has 0 aliphatic carbocycles. The van der Waals surface area contributed by atoms with Crippen molar-refractivity contribution >= 4 is 0 Å². The molecule has 0 bridgehead atoms. The van der Waals surface area contributed by atoms with Gasteiger partial charge in [-0.25, -0.2) is 0 Å². The SMILES string of the molecule is COc1cccc(CN(C)C(C)c2cccc(OC)c2)c1. The van der Waals surface area contributed by atoms with Crippen molar-refractivity contribution in [2.75, 3.05) is 21.3 Å². The maximum atomic E-state index is 5.30. The molecule has 0 saturated carbocycles. The molecule has 0 N–H and O–H groups in total. The zero-order valence-electron chi connectivity index (χ0n) is 13.2. The van der Waals surface area contributed by atoms with Crippen LogP contribution >= 0.6 is 0 Å². The second kappa shape index (κ2) is 7.14. The highest BCUT2D eigenvalue weighted by atomic mass is 16.5. The van der Waals surface area contributed by atoms with Crippen molar-refractivity contribution in [3.8, 4) is 11.5 Å². The van der Waals surface area contributed by atoms with Gasteiger partial charge < -0.3 is 9.47 Å². The Morgan fingerprint density at radius 1 is 0.952 bits per heavy atom. The highest BCUT2D eigenvalue weighted by molar-refractivity contribution is 5.31. The molecule has 3 nitrogen and oxygen atoms in total. The Kier molecular flexibility index (Phi) is 5.23. The zero-order valence-corrected chi connectivity index (χ0v) is 13.2. The lowest BCUT2D eigenvalue weighted by atomic mass is 10.1. The van der Waals surface area contributed by atoms with Crippen LogP contribution in [0.15, 0.2) is 48.5 Å². The number of nitrogens with zero attached hydrogens (tertiary/aromatic N) is 1. The van der Waals surface area contributed by atoms with E-state index in [2.05, 4.69) is 43.1 Å². The van der Waals surface area contributed by atoms with Gasteiger partial charge in [0.15, 0.2) is 0 Å². The average molecular weight is 285 g/mol. The third-order valence-corrected chi connectivity index (χ3v) is 3.80. The van der Waals surface area contributed by atoms with Gasteiger partial charge in [0.1, 0.15) is 11.5 Å². The number of hydrogen-bond donors (Lipinski definition) is 0. The molecule has 0 radical (unpaired) electrons.